The third-order valence-corrected chi connectivity index (χ3v) is 2.72. The van der Waals surface area contributed by atoms with E-state index in [1.807, 2.05) is 0 Å². The van der Waals surface area contributed by atoms with E-state index >= 15 is 0 Å². The van der Waals surface area contributed by atoms with Gasteiger partial charge in [-0.15, -0.1) is 0 Å². The minimum absolute atomic E-state index is 0.0780. The molecule has 2 aliphatic rings. The van der Waals surface area contributed by atoms with Crippen LogP contribution in [0.3, 0.4) is 0 Å². The molecule has 0 amide bonds. The summed E-state index contributed by atoms with van der Waals surface area (Å²) in [6.07, 6.45) is 1.39. The van der Waals surface area contributed by atoms with Crippen molar-refractivity contribution in [3.05, 3.63) is 17.7 Å². The molecule has 0 atom stereocenters. The summed E-state index contributed by atoms with van der Waals surface area (Å²) in [5.74, 6) is 1.21. The molecule has 1 heterocycles. The number of hydrogen-bond donors (Lipinski definition) is 2. The lowest BCUT2D eigenvalue weighted by Gasteiger charge is -2.10. The van der Waals surface area contributed by atoms with Crippen molar-refractivity contribution in [1.29, 1.82) is 0 Å². The van der Waals surface area contributed by atoms with Gasteiger partial charge in [-0.3, -0.25) is 0 Å². The first-order valence-electron chi connectivity index (χ1n) is 4.54. The molecule has 3 rings (SSSR count). The van der Waals surface area contributed by atoms with Gasteiger partial charge >= 0.3 is 0 Å². The maximum atomic E-state index is 9.86. The van der Waals surface area contributed by atoms with Crippen LogP contribution in [-0.2, 0) is 5.60 Å². The molecule has 0 bridgehead atoms. The lowest BCUT2D eigenvalue weighted by molar-refractivity contribution is 0.147. The van der Waals surface area contributed by atoms with E-state index in [-0.39, 0.29) is 12.5 Å². The molecule has 14 heavy (non-hydrogen) atoms. The van der Waals surface area contributed by atoms with Crippen LogP contribution >= 0.6 is 0 Å². The van der Waals surface area contributed by atoms with Gasteiger partial charge in [0.05, 0.1) is 5.60 Å². The fraction of sp³-hybridized carbons (Fsp3) is 0.400. The molecule has 1 saturated carbocycles. The first-order chi connectivity index (χ1) is 6.69. The van der Waals surface area contributed by atoms with Crippen LogP contribution in [0.1, 0.15) is 18.4 Å². The zero-order valence-electron chi connectivity index (χ0n) is 7.49. The summed E-state index contributed by atoms with van der Waals surface area (Å²) in [6.45, 7) is 0.177. The average molecular weight is 194 g/mol. The Bertz CT molecular complexity index is 395. The van der Waals surface area contributed by atoms with Gasteiger partial charge in [-0.05, 0) is 18.9 Å². The molecule has 0 radical (unpaired) electrons. The standard InChI is InChI=1S/C10H10O4/c11-7-4-9-8(13-5-14-9)3-6(7)10(12)1-2-10/h3-4,11-12H,1-2,5H2. The van der Waals surface area contributed by atoms with E-state index in [4.69, 9.17) is 9.47 Å². The Morgan fingerprint density at radius 2 is 1.79 bits per heavy atom. The zero-order valence-corrected chi connectivity index (χ0v) is 7.49. The van der Waals surface area contributed by atoms with Gasteiger partial charge in [0.15, 0.2) is 11.5 Å². The van der Waals surface area contributed by atoms with E-state index in [1.165, 1.54) is 6.07 Å². The number of ether oxygens (including phenoxy) is 2. The van der Waals surface area contributed by atoms with E-state index in [0.717, 1.165) is 0 Å². The Hall–Kier alpha value is -1.42. The summed E-state index contributed by atoms with van der Waals surface area (Å²) in [5, 5.41) is 19.5. The topological polar surface area (TPSA) is 58.9 Å². The van der Waals surface area contributed by atoms with Crippen molar-refractivity contribution in [2.75, 3.05) is 6.79 Å². The number of hydrogen-bond acceptors (Lipinski definition) is 4. The number of fused-ring (bicyclic) bond motifs is 1. The summed E-state index contributed by atoms with van der Waals surface area (Å²) in [7, 11) is 0. The number of rotatable bonds is 1. The third-order valence-electron chi connectivity index (χ3n) is 2.72. The number of aromatic hydroxyl groups is 1. The van der Waals surface area contributed by atoms with Gasteiger partial charge in [0.2, 0.25) is 6.79 Å². The molecule has 1 aromatic rings. The van der Waals surface area contributed by atoms with E-state index in [0.29, 0.717) is 29.9 Å². The highest BCUT2D eigenvalue weighted by Gasteiger charge is 2.44. The second-order valence-electron chi connectivity index (χ2n) is 3.75. The monoisotopic (exact) mass is 194 g/mol. The maximum absolute atomic E-state index is 9.86. The number of benzene rings is 1. The summed E-state index contributed by atoms with van der Waals surface area (Å²) < 4.78 is 10.3. The van der Waals surface area contributed by atoms with E-state index in [1.54, 1.807) is 6.07 Å². The van der Waals surface area contributed by atoms with Crippen LogP contribution in [0.15, 0.2) is 12.1 Å². The van der Waals surface area contributed by atoms with Crippen LogP contribution in [0.25, 0.3) is 0 Å². The predicted molar refractivity (Wildman–Crippen MR) is 47.4 cm³/mol. The maximum Gasteiger partial charge on any atom is 0.231 e. The minimum atomic E-state index is -0.842. The van der Waals surface area contributed by atoms with Gasteiger partial charge in [0, 0.05) is 11.6 Å². The Labute approximate surface area is 80.7 Å². The van der Waals surface area contributed by atoms with Gasteiger partial charge in [0.25, 0.3) is 0 Å². The van der Waals surface area contributed by atoms with Crippen molar-refractivity contribution >= 4 is 0 Å². The Morgan fingerprint density at radius 1 is 1.14 bits per heavy atom. The summed E-state index contributed by atoms with van der Waals surface area (Å²) in [6, 6.07) is 3.15. The minimum Gasteiger partial charge on any atom is -0.507 e. The quantitative estimate of drug-likeness (QED) is 0.702. The molecule has 2 N–H and O–H groups in total. The third kappa shape index (κ3) is 0.974. The summed E-state index contributed by atoms with van der Waals surface area (Å²) in [4.78, 5) is 0. The van der Waals surface area contributed by atoms with E-state index < -0.39 is 5.60 Å². The average Bonchev–Trinajstić information content (AvgIpc) is 2.75. The highest BCUT2D eigenvalue weighted by Crippen LogP contribution is 2.51. The molecule has 0 unspecified atom stereocenters. The van der Waals surface area contributed by atoms with Crippen molar-refractivity contribution < 1.29 is 19.7 Å². The van der Waals surface area contributed by atoms with E-state index in [2.05, 4.69) is 0 Å². The van der Waals surface area contributed by atoms with Gasteiger partial charge in [-0.25, -0.2) is 0 Å². The molecule has 4 nitrogen and oxygen atoms in total. The zero-order chi connectivity index (χ0) is 9.76. The smallest absolute Gasteiger partial charge is 0.231 e. The SMILES string of the molecule is Oc1cc2c(cc1C1(O)CC1)OCO2. The highest BCUT2D eigenvalue weighted by atomic mass is 16.7. The second-order valence-corrected chi connectivity index (χ2v) is 3.75. The molecule has 1 aliphatic heterocycles. The normalized spacial score (nSPS) is 20.9. The first kappa shape index (κ1) is 7.94. The summed E-state index contributed by atoms with van der Waals surface area (Å²) >= 11 is 0. The number of aliphatic hydroxyl groups is 1. The predicted octanol–water partition coefficient (Wildman–Crippen LogP) is 1.10. The molecule has 1 aromatic carbocycles. The van der Waals surface area contributed by atoms with Crippen molar-refractivity contribution in [2.45, 2.75) is 18.4 Å². The van der Waals surface area contributed by atoms with Crippen LogP contribution in [0.4, 0.5) is 0 Å². The van der Waals surface area contributed by atoms with Crippen molar-refractivity contribution in [2.24, 2.45) is 0 Å². The molecule has 0 saturated heterocycles. The van der Waals surface area contributed by atoms with Gasteiger partial charge in [0.1, 0.15) is 5.75 Å². The molecule has 1 aliphatic carbocycles. The first-order valence-corrected chi connectivity index (χ1v) is 4.54. The number of phenols is 1. The Balaban J connectivity index is 2.13. The van der Waals surface area contributed by atoms with Crippen LogP contribution in [-0.4, -0.2) is 17.0 Å². The number of phenolic OH excluding ortho intramolecular Hbond substituents is 1. The lowest BCUT2D eigenvalue weighted by Crippen LogP contribution is -2.04. The molecular weight excluding hydrogens is 184 g/mol. The summed E-state index contributed by atoms with van der Waals surface area (Å²) in [5.41, 5.74) is -0.299. The van der Waals surface area contributed by atoms with Crippen LogP contribution in [0, 0.1) is 0 Å². The second kappa shape index (κ2) is 2.33. The van der Waals surface area contributed by atoms with Crippen LogP contribution in [0.2, 0.25) is 0 Å². The van der Waals surface area contributed by atoms with Crippen LogP contribution in [0.5, 0.6) is 17.2 Å². The molecular formula is C10H10O4. The Morgan fingerprint density at radius 3 is 2.43 bits per heavy atom. The lowest BCUT2D eigenvalue weighted by atomic mass is 10.1. The van der Waals surface area contributed by atoms with Crippen LogP contribution < -0.4 is 9.47 Å². The van der Waals surface area contributed by atoms with Crippen molar-refractivity contribution in [3.63, 3.8) is 0 Å². The fourth-order valence-corrected chi connectivity index (χ4v) is 1.69. The molecule has 0 aromatic heterocycles. The molecule has 74 valence electrons. The Kier molecular flexibility index (Phi) is 1.32. The highest BCUT2D eigenvalue weighted by molar-refractivity contribution is 5.54. The van der Waals surface area contributed by atoms with Gasteiger partial charge in [-0.1, -0.05) is 0 Å². The van der Waals surface area contributed by atoms with Gasteiger partial charge in [-0.2, -0.15) is 0 Å². The molecule has 4 heteroatoms. The molecule has 0 spiro atoms. The largest absolute Gasteiger partial charge is 0.507 e. The van der Waals surface area contributed by atoms with Crippen molar-refractivity contribution in [1.82, 2.24) is 0 Å². The van der Waals surface area contributed by atoms with Crippen molar-refractivity contribution in [3.8, 4) is 17.2 Å². The van der Waals surface area contributed by atoms with Gasteiger partial charge < -0.3 is 19.7 Å². The fourth-order valence-electron chi connectivity index (χ4n) is 1.69. The molecule has 1 fully saturated rings. The van der Waals surface area contributed by atoms with E-state index in [9.17, 15) is 10.2 Å².